The van der Waals surface area contributed by atoms with Gasteiger partial charge in [-0.15, -0.1) is 11.3 Å². The first-order valence-electron chi connectivity index (χ1n) is 4.62. The topological polar surface area (TPSA) is 70.8 Å². The van der Waals surface area contributed by atoms with Gasteiger partial charge < -0.3 is 0 Å². The van der Waals surface area contributed by atoms with Crippen LogP contribution in [-0.2, 0) is 16.3 Å². The molecular weight excluding hydrogens is 232 g/mol. The van der Waals surface area contributed by atoms with Crippen LogP contribution in [0.2, 0.25) is 0 Å². The fourth-order valence-corrected chi connectivity index (χ4v) is 4.47. The Morgan fingerprint density at radius 1 is 1.67 bits per heavy atom. The predicted molar refractivity (Wildman–Crippen MR) is 57.4 cm³/mol. The van der Waals surface area contributed by atoms with E-state index in [0.29, 0.717) is 12.8 Å². The van der Waals surface area contributed by atoms with Gasteiger partial charge in [0.1, 0.15) is 0 Å². The van der Waals surface area contributed by atoms with E-state index in [-0.39, 0.29) is 17.4 Å². The van der Waals surface area contributed by atoms with Crippen molar-refractivity contribution in [1.29, 1.82) is 5.26 Å². The second-order valence-electron chi connectivity index (χ2n) is 3.61. The van der Waals surface area contributed by atoms with Crippen LogP contribution in [0.3, 0.4) is 0 Å². The third-order valence-corrected chi connectivity index (χ3v) is 5.24. The van der Waals surface area contributed by atoms with Gasteiger partial charge in [-0.1, -0.05) is 0 Å². The van der Waals surface area contributed by atoms with Crippen molar-refractivity contribution in [1.82, 2.24) is 4.98 Å². The number of thiazole rings is 1. The Balaban J connectivity index is 2.15. The van der Waals surface area contributed by atoms with Crippen molar-refractivity contribution in [3.05, 3.63) is 16.1 Å². The SMILES string of the molecule is N#CCc1csc(C2CCS(=O)(=O)C2)n1. The third-order valence-electron chi connectivity index (χ3n) is 2.41. The Morgan fingerprint density at radius 3 is 3.07 bits per heavy atom. The Bertz CT molecular complexity index is 498. The van der Waals surface area contributed by atoms with E-state index in [1.165, 1.54) is 11.3 Å². The first-order chi connectivity index (χ1) is 7.11. The van der Waals surface area contributed by atoms with Crippen LogP contribution >= 0.6 is 11.3 Å². The van der Waals surface area contributed by atoms with E-state index in [4.69, 9.17) is 5.26 Å². The molecule has 1 fully saturated rings. The molecule has 1 aliphatic heterocycles. The maximum atomic E-state index is 11.3. The summed E-state index contributed by atoms with van der Waals surface area (Å²) in [5.74, 6) is 0.532. The van der Waals surface area contributed by atoms with Crippen LogP contribution in [-0.4, -0.2) is 24.9 Å². The van der Waals surface area contributed by atoms with Crippen molar-refractivity contribution in [3.63, 3.8) is 0 Å². The van der Waals surface area contributed by atoms with Crippen molar-refractivity contribution in [2.75, 3.05) is 11.5 Å². The number of nitriles is 1. The molecular formula is C9H10N2O2S2. The largest absolute Gasteiger partial charge is 0.245 e. The van der Waals surface area contributed by atoms with E-state index in [0.717, 1.165) is 10.7 Å². The maximum Gasteiger partial charge on any atom is 0.151 e. The average molecular weight is 242 g/mol. The summed E-state index contributed by atoms with van der Waals surface area (Å²) in [4.78, 5) is 4.28. The molecule has 1 saturated heterocycles. The normalized spacial score (nSPS) is 23.8. The lowest BCUT2D eigenvalue weighted by atomic mass is 10.1. The highest BCUT2D eigenvalue weighted by Gasteiger charge is 2.30. The van der Waals surface area contributed by atoms with Crippen LogP contribution in [0, 0.1) is 11.3 Å². The molecule has 0 spiro atoms. The summed E-state index contributed by atoms with van der Waals surface area (Å²) in [5, 5.41) is 11.2. The number of nitrogens with zero attached hydrogens (tertiary/aromatic N) is 2. The van der Waals surface area contributed by atoms with Gasteiger partial charge in [0.15, 0.2) is 9.84 Å². The molecule has 0 aliphatic carbocycles. The number of rotatable bonds is 2. The molecule has 1 aromatic rings. The van der Waals surface area contributed by atoms with Crippen LogP contribution in [0.15, 0.2) is 5.38 Å². The van der Waals surface area contributed by atoms with E-state index in [2.05, 4.69) is 4.98 Å². The Hall–Kier alpha value is -0.930. The zero-order chi connectivity index (χ0) is 10.9. The molecule has 80 valence electrons. The molecule has 6 heteroatoms. The first kappa shape index (κ1) is 10.6. The smallest absolute Gasteiger partial charge is 0.151 e. The van der Waals surface area contributed by atoms with Crippen molar-refractivity contribution >= 4 is 21.2 Å². The van der Waals surface area contributed by atoms with E-state index in [9.17, 15) is 8.42 Å². The molecule has 1 aromatic heterocycles. The minimum Gasteiger partial charge on any atom is -0.245 e. The van der Waals surface area contributed by atoms with Crippen LogP contribution < -0.4 is 0 Å². The monoisotopic (exact) mass is 242 g/mol. The molecule has 0 bridgehead atoms. The number of hydrogen-bond donors (Lipinski definition) is 0. The fourth-order valence-electron chi connectivity index (χ4n) is 1.66. The molecule has 0 radical (unpaired) electrons. The van der Waals surface area contributed by atoms with Gasteiger partial charge in [0.25, 0.3) is 0 Å². The molecule has 0 amide bonds. The quantitative estimate of drug-likeness (QED) is 0.779. The summed E-state index contributed by atoms with van der Waals surface area (Å²) in [5.41, 5.74) is 0.752. The van der Waals surface area contributed by atoms with Crippen LogP contribution in [0.5, 0.6) is 0 Å². The Kier molecular flexibility index (Phi) is 2.76. The highest BCUT2D eigenvalue weighted by molar-refractivity contribution is 7.91. The maximum absolute atomic E-state index is 11.3. The fraction of sp³-hybridized carbons (Fsp3) is 0.556. The third kappa shape index (κ3) is 2.36. The minimum absolute atomic E-state index is 0.0486. The standard InChI is InChI=1S/C9H10N2O2S2/c10-3-1-8-5-14-9(11-8)7-2-4-15(12,13)6-7/h5,7H,1-2,4,6H2. The Labute approximate surface area is 92.5 Å². The number of sulfone groups is 1. The van der Waals surface area contributed by atoms with Crippen molar-refractivity contribution in [2.45, 2.75) is 18.8 Å². The van der Waals surface area contributed by atoms with Gasteiger partial charge >= 0.3 is 0 Å². The van der Waals surface area contributed by atoms with Crippen molar-refractivity contribution in [3.8, 4) is 6.07 Å². The van der Waals surface area contributed by atoms with Crippen molar-refractivity contribution < 1.29 is 8.42 Å². The van der Waals surface area contributed by atoms with Gasteiger partial charge in [0.05, 0.1) is 34.7 Å². The first-order valence-corrected chi connectivity index (χ1v) is 7.32. The van der Waals surface area contributed by atoms with E-state index in [1.54, 1.807) is 0 Å². The second kappa shape index (κ2) is 3.91. The van der Waals surface area contributed by atoms with Gasteiger partial charge in [-0.25, -0.2) is 13.4 Å². The van der Waals surface area contributed by atoms with Crippen LogP contribution in [0.1, 0.15) is 23.0 Å². The zero-order valence-corrected chi connectivity index (χ0v) is 9.64. The van der Waals surface area contributed by atoms with Gasteiger partial charge in [0.2, 0.25) is 0 Å². The number of hydrogen-bond acceptors (Lipinski definition) is 5. The molecule has 1 unspecified atom stereocenters. The molecule has 0 saturated carbocycles. The molecule has 2 heterocycles. The van der Waals surface area contributed by atoms with Crippen LogP contribution in [0.25, 0.3) is 0 Å². The van der Waals surface area contributed by atoms with Gasteiger partial charge in [0, 0.05) is 11.3 Å². The molecule has 1 aliphatic rings. The lowest BCUT2D eigenvalue weighted by molar-refractivity contribution is 0.601. The minimum atomic E-state index is -2.84. The van der Waals surface area contributed by atoms with E-state index < -0.39 is 9.84 Å². The lowest BCUT2D eigenvalue weighted by Crippen LogP contribution is -2.03. The summed E-state index contributed by atoms with van der Waals surface area (Å²) < 4.78 is 22.5. The molecule has 0 N–H and O–H groups in total. The summed E-state index contributed by atoms with van der Waals surface area (Å²) in [7, 11) is -2.84. The summed E-state index contributed by atoms with van der Waals surface area (Å²) in [6, 6.07) is 2.03. The van der Waals surface area contributed by atoms with Gasteiger partial charge in [-0.2, -0.15) is 5.26 Å². The van der Waals surface area contributed by atoms with E-state index in [1.807, 2.05) is 11.4 Å². The number of aromatic nitrogens is 1. The average Bonchev–Trinajstić information content (AvgIpc) is 2.73. The summed E-state index contributed by atoms with van der Waals surface area (Å²) in [6.07, 6.45) is 0.970. The highest BCUT2D eigenvalue weighted by atomic mass is 32.2. The molecule has 1 atom stereocenters. The summed E-state index contributed by atoms with van der Waals surface area (Å²) >= 11 is 1.46. The van der Waals surface area contributed by atoms with E-state index >= 15 is 0 Å². The van der Waals surface area contributed by atoms with Crippen LogP contribution in [0.4, 0.5) is 0 Å². The highest BCUT2D eigenvalue weighted by Crippen LogP contribution is 2.30. The lowest BCUT2D eigenvalue weighted by Gasteiger charge is -2.00. The molecule has 15 heavy (non-hydrogen) atoms. The van der Waals surface area contributed by atoms with Gasteiger partial charge in [-0.3, -0.25) is 0 Å². The molecule has 2 rings (SSSR count). The Morgan fingerprint density at radius 2 is 2.47 bits per heavy atom. The zero-order valence-electron chi connectivity index (χ0n) is 8.01. The molecule has 0 aromatic carbocycles. The van der Waals surface area contributed by atoms with Gasteiger partial charge in [-0.05, 0) is 6.42 Å². The predicted octanol–water partition coefficient (Wildman–Crippen LogP) is 1.11. The summed E-state index contributed by atoms with van der Waals surface area (Å²) in [6.45, 7) is 0. The second-order valence-corrected chi connectivity index (χ2v) is 6.73. The molecule has 4 nitrogen and oxygen atoms in total. The van der Waals surface area contributed by atoms with Crippen molar-refractivity contribution in [2.24, 2.45) is 0 Å².